The maximum absolute atomic E-state index is 14.9. The van der Waals surface area contributed by atoms with Gasteiger partial charge in [0, 0.05) is 46.6 Å². The van der Waals surface area contributed by atoms with E-state index in [0.717, 1.165) is 108 Å². The largest absolute Gasteiger partial charge is 0.516 e. The number of carboxylic acids is 1. The molecular weight excluding hydrogens is 1130 g/mol. The van der Waals surface area contributed by atoms with Gasteiger partial charge in [0.05, 0.1) is 30.2 Å². The highest BCUT2D eigenvalue weighted by Crippen LogP contribution is 2.85. The highest BCUT2D eigenvalue weighted by molar-refractivity contribution is 5.78. The van der Waals surface area contributed by atoms with Crippen LogP contribution in [-0.2, 0) is 17.6 Å². The molecule has 7 nitrogen and oxygen atoms in total. The normalized spacial score (nSPS) is 40.1. The fourth-order valence-corrected chi connectivity index (χ4v) is 26.4. The van der Waals surface area contributed by atoms with E-state index >= 15 is 0 Å². The first-order chi connectivity index (χ1) is 44.6. The molecule has 6 saturated carbocycles. The maximum atomic E-state index is 14.9. The number of rotatable bonds is 7. The summed E-state index contributed by atoms with van der Waals surface area (Å²) >= 11 is 0. The molecule has 6 aliphatic heterocycles. The molecule has 4 spiro atoms. The van der Waals surface area contributed by atoms with Crippen molar-refractivity contribution in [3.05, 3.63) is 170 Å². The van der Waals surface area contributed by atoms with Gasteiger partial charge in [0.15, 0.2) is 0 Å². The van der Waals surface area contributed by atoms with Crippen molar-refractivity contribution in [1.29, 1.82) is 0 Å². The second-order valence-electron chi connectivity index (χ2n) is 34.2. The summed E-state index contributed by atoms with van der Waals surface area (Å²) in [7, 11) is 0. The van der Waals surface area contributed by atoms with E-state index in [9.17, 15) is 25.2 Å². The first kappa shape index (κ1) is 61.5. The Kier molecular flexibility index (Phi) is 15.5. The zero-order chi connectivity index (χ0) is 63.0. The van der Waals surface area contributed by atoms with Crippen molar-refractivity contribution in [2.45, 2.75) is 220 Å². The van der Waals surface area contributed by atoms with Crippen LogP contribution >= 0.6 is 0 Å². The van der Waals surface area contributed by atoms with Crippen LogP contribution in [0.4, 0.5) is 0 Å². The third-order valence-corrected chi connectivity index (χ3v) is 29.8. The van der Waals surface area contributed by atoms with E-state index < -0.39 is 46.3 Å². The minimum absolute atomic E-state index is 0.0878. The summed E-state index contributed by atoms with van der Waals surface area (Å²) in [5, 5.41) is 61.1. The predicted molar refractivity (Wildman–Crippen MR) is 371 cm³/mol. The molecule has 7 heteroatoms. The molecule has 6 N–H and O–H groups in total. The van der Waals surface area contributed by atoms with Gasteiger partial charge in [0.2, 0.25) is 0 Å². The van der Waals surface area contributed by atoms with Crippen LogP contribution in [-0.4, -0.2) is 51.7 Å². The molecule has 92 heavy (non-hydrogen) atoms. The predicted octanol–water partition coefficient (Wildman–Crippen LogP) is 16.8. The highest BCUT2D eigenvalue weighted by Gasteiger charge is 2.78. The molecule has 0 amide bonds. The summed E-state index contributed by atoms with van der Waals surface area (Å²) < 4.78 is 0. The smallest absolute Gasteiger partial charge is 0.306 e. The number of benzene rings is 3. The first-order valence-corrected chi connectivity index (χ1v) is 37.5. The molecule has 0 radical (unpaired) electrons. The Morgan fingerprint density at radius 1 is 0.761 bits per heavy atom. The monoisotopic (exact) mass is 1240 g/mol. The molecule has 17 aliphatic rings. The average molecular weight is 1240 g/mol. The third-order valence-electron chi connectivity index (χ3n) is 29.8. The van der Waals surface area contributed by atoms with E-state index in [1.54, 1.807) is 16.7 Å². The Morgan fingerprint density at radius 3 is 2.35 bits per heavy atom. The molecule has 0 aromatic heterocycles. The molecule has 488 valence electrons. The SMILES string of the molecule is CC(C)CC1=CCC2(C)C(O)CCC34C5=C6CC1(C=C1C(=c7ccccc7=CC13)Cc1cccc(c1)C1=CC=C(NCCCC(C3CCCCC3)C(=CO)CCC(C(=O)O)C3C(O)CC6(C6CC7(CCCC7)C7(CCC(Cc8ccccc8)C7)C6)C3(C)CC5)NC1)C24. The van der Waals surface area contributed by atoms with E-state index in [1.165, 1.54) is 127 Å². The van der Waals surface area contributed by atoms with Gasteiger partial charge in [-0.25, -0.2) is 0 Å². The van der Waals surface area contributed by atoms with E-state index in [0.29, 0.717) is 42.9 Å². The number of hydrogen-bond acceptors (Lipinski definition) is 6. The molecule has 15 unspecified atom stereocenters. The minimum atomic E-state index is -0.783. The van der Waals surface area contributed by atoms with E-state index in [2.05, 4.69) is 148 Å². The molecule has 6 fully saturated rings. The zero-order valence-corrected chi connectivity index (χ0v) is 56.2. The topological polar surface area (TPSA) is 122 Å². The molecule has 0 saturated heterocycles. The van der Waals surface area contributed by atoms with Crippen molar-refractivity contribution in [3.8, 4) is 0 Å². The van der Waals surface area contributed by atoms with Gasteiger partial charge >= 0.3 is 5.97 Å². The molecule has 20 rings (SSSR count). The van der Waals surface area contributed by atoms with Gasteiger partial charge in [-0.3, -0.25) is 4.79 Å². The Morgan fingerprint density at radius 2 is 1.57 bits per heavy atom. The number of aliphatic hydroxyl groups excluding tert-OH is 3. The van der Waals surface area contributed by atoms with Crippen LogP contribution in [0.5, 0.6) is 0 Å². The fraction of sp³-hybridized carbons (Fsp3) is 0.612. The molecular formula is C85H108N2O5. The Hall–Kier alpha value is -5.37. The number of hydrogen-bond donors (Lipinski definition) is 6. The van der Waals surface area contributed by atoms with Crippen LogP contribution in [0.3, 0.4) is 0 Å². The number of aliphatic carboxylic acids is 1. The summed E-state index contributed by atoms with van der Waals surface area (Å²) in [5.41, 5.74) is 12.7. The number of fused-ring (bicyclic) bond motifs is 2. The summed E-state index contributed by atoms with van der Waals surface area (Å²) in [5.74, 6) is 1.34. The second-order valence-corrected chi connectivity index (χ2v) is 34.2. The lowest BCUT2D eigenvalue weighted by Gasteiger charge is -2.74. The number of carbonyl (C=O) groups is 1. The molecule has 6 heterocycles. The maximum Gasteiger partial charge on any atom is 0.306 e. The summed E-state index contributed by atoms with van der Waals surface area (Å²) in [6.07, 6.45) is 42.0. The van der Waals surface area contributed by atoms with Gasteiger partial charge in [0.25, 0.3) is 0 Å². The van der Waals surface area contributed by atoms with Gasteiger partial charge < -0.3 is 31.1 Å². The molecule has 3 aromatic rings. The van der Waals surface area contributed by atoms with Crippen LogP contribution in [0.2, 0.25) is 0 Å². The summed E-state index contributed by atoms with van der Waals surface area (Å²) in [6, 6.07) is 30.1. The quantitative estimate of drug-likeness (QED) is 0.103. The lowest BCUT2D eigenvalue weighted by Crippen LogP contribution is -2.69. The summed E-state index contributed by atoms with van der Waals surface area (Å²) in [4.78, 5) is 14.9. The van der Waals surface area contributed by atoms with Gasteiger partial charge in [-0.05, 0) is 255 Å². The van der Waals surface area contributed by atoms with Crippen LogP contribution in [0.15, 0.2) is 143 Å². The molecule has 14 bridgehead atoms. The second kappa shape index (κ2) is 23.2. The Bertz CT molecular complexity index is 3720. The lowest BCUT2D eigenvalue weighted by molar-refractivity contribution is -0.167. The van der Waals surface area contributed by atoms with E-state index in [4.69, 9.17) is 0 Å². The van der Waals surface area contributed by atoms with Crippen LogP contribution in [0.25, 0.3) is 17.2 Å². The number of dihydropyridines is 1. The lowest BCUT2D eigenvalue weighted by atomic mass is 9.29. The van der Waals surface area contributed by atoms with Crippen molar-refractivity contribution < 1.29 is 25.2 Å². The number of allylic oxidation sites excluding steroid dienone is 9. The third kappa shape index (κ3) is 9.27. The minimum Gasteiger partial charge on any atom is -0.516 e. The van der Waals surface area contributed by atoms with Crippen LogP contribution in [0.1, 0.15) is 211 Å². The van der Waals surface area contributed by atoms with E-state index in [1.807, 2.05) is 0 Å². The number of nitrogens with one attached hydrogen (secondary N) is 2. The molecule has 11 aliphatic carbocycles. The zero-order valence-electron chi connectivity index (χ0n) is 56.2. The van der Waals surface area contributed by atoms with E-state index in [-0.39, 0.29) is 39.4 Å². The fourth-order valence-electron chi connectivity index (χ4n) is 26.4. The van der Waals surface area contributed by atoms with Crippen LogP contribution < -0.4 is 21.1 Å². The first-order valence-electron chi connectivity index (χ1n) is 37.5. The summed E-state index contributed by atoms with van der Waals surface area (Å²) in [6.45, 7) is 11.5. The van der Waals surface area contributed by atoms with Gasteiger partial charge in [-0.1, -0.05) is 180 Å². The highest BCUT2D eigenvalue weighted by atomic mass is 16.4. The standard InChI is InChI=1S/C85H108N2O5/c1-54(2)41-63-31-36-79(3)74(90)33-39-84-70-32-37-80(4)76-67(77(91)92)28-26-62(53-88)65(58-20-9-6-10-21-58)25-16-40-86-75-29-27-61(52-87-75)59-23-15-19-56(43-59)44-68-66-24-12-11-22-60(66)45-71(84)69(68)49-83(63,78(79)84)50-72(70)85(80,51-73(76)89)64-47-81(34-13-14-35-81)82(48-64)38-30-57(46-82)42-55-17-7-5-8-18-55/h5,7-8,11-12,15,17-19,22-24,27,29,31,43,45,49,53-54,57-58,64-65,67,71,73-74,76,78,86-90H,6,9-10,13-14,16,20-21,25-26,28,30,32-42,44,46-48,50-52H2,1-4H3,(H,91,92). The van der Waals surface area contributed by atoms with Crippen LogP contribution in [0, 0.1) is 91.2 Å². The van der Waals surface area contributed by atoms with Crippen molar-refractivity contribution in [1.82, 2.24) is 10.6 Å². The number of carboxylic acid groups (broad SMARTS) is 1. The van der Waals surface area contributed by atoms with Gasteiger partial charge in [0.1, 0.15) is 0 Å². The Labute approximate surface area is 550 Å². The van der Waals surface area contributed by atoms with Crippen molar-refractivity contribution in [2.24, 2.45) is 91.2 Å². The number of aliphatic hydroxyl groups is 3. The Balaban J connectivity index is 0.924. The molecule has 15 atom stereocenters. The van der Waals surface area contributed by atoms with Crippen molar-refractivity contribution >= 4 is 23.2 Å². The van der Waals surface area contributed by atoms with Gasteiger partial charge in [-0.15, -0.1) is 0 Å². The van der Waals surface area contributed by atoms with Gasteiger partial charge in [-0.2, -0.15) is 0 Å². The van der Waals surface area contributed by atoms with Crippen molar-refractivity contribution in [2.75, 3.05) is 13.1 Å². The average Bonchev–Trinajstić information content (AvgIpc) is 1.07. The van der Waals surface area contributed by atoms with Crippen molar-refractivity contribution in [3.63, 3.8) is 0 Å². The molecule has 3 aromatic carbocycles.